The van der Waals surface area contributed by atoms with Gasteiger partial charge in [0.05, 0.1) is 0 Å². The van der Waals surface area contributed by atoms with Crippen molar-refractivity contribution in [2.75, 3.05) is 13.6 Å². The molecule has 2 atom stereocenters. The highest BCUT2D eigenvalue weighted by Crippen LogP contribution is 2.29. The molecule has 2 aliphatic rings. The zero-order chi connectivity index (χ0) is 9.64. The summed E-state index contributed by atoms with van der Waals surface area (Å²) in [5, 5.41) is 5.51. The van der Waals surface area contributed by atoms with Gasteiger partial charge in [0.2, 0.25) is 0 Å². The maximum Gasteiger partial charge on any atom is 0.324 e. The van der Waals surface area contributed by atoms with E-state index in [4.69, 9.17) is 0 Å². The molecule has 0 radical (unpaired) electrons. The first kappa shape index (κ1) is 8.50. The number of urea groups is 1. The Morgan fingerprint density at radius 2 is 2.23 bits per heavy atom. The Balaban J connectivity index is 2.31. The Kier molecular flexibility index (Phi) is 1.60. The number of rotatable bonds is 0. The zero-order valence-electron chi connectivity index (χ0n) is 7.76. The Bertz CT molecular complexity index is 279. The maximum atomic E-state index is 11.6. The van der Waals surface area contributed by atoms with Crippen molar-refractivity contribution in [2.45, 2.75) is 24.9 Å². The average Bonchev–Trinajstić information content (AvgIpc) is 2.54. The van der Waals surface area contributed by atoms with E-state index in [-0.39, 0.29) is 11.9 Å². The van der Waals surface area contributed by atoms with Crippen molar-refractivity contribution in [2.24, 2.45) is 0 Å². The molecule has 0 aromatic rings. The van der Waals surface area contributed by atoms with Gasteiger partial charge >= 0.3 is 6.03 Å². The molecule has 2 N–H and O–H groups in total. The molecule has 5 heteroatoms. The molecule has 2 saturated heterocycles. The Morgan fingerprint density at radius 3 is 2.62 bits per heavy atom. The fourth-order valence-corrected chi connectivity index (χ4v) is 2.07. The molecule has 5 nitrogen and oxygen atoms in total. The third kappa shape index (κ3) is 0.966. The molecular weight excluding hydrogens is 170 g/mol. The van der Waals surface area contributed by atoms with E-state index >= 15 is 0 Å². The van der Waals surface area contributed by atoms with E-state index in [1.807, 2.05) is 6.92 Å². The third-order valence-electron chi connectivity index (χ3n) is 2.98. The van der Waals surface area contributed by atoms with Crippen LogP contribution in [0.1, 0.15) is 13.3 Å². The van der Waals surface area contributed by atoms with Crippen molar-refractivity contribution < 1.29 is 9.59 Å². The SMILES string of the molecule is C[C@@H]1CC2(CN1)C(=O)NC(=O)N2C. The van der Waals surface area contributed by atoms with Crippen LogP contribution in [-0.2, 0) is 4.79 Å². The van der Waals surface area contributed by atoms with Gasteiger partial charge in [0.25, 0.3) is 5.91 Å². The van der Waals surface area contributed by atoms with Gasteiger partial charge in [0.1, 0.15) is 5.54 Å². The Morgan fingerprint density at radius 1 is 1.54 bits per heavy atom. The van der Waals surface area contributed by atoms with Crippen LogP contribution in [0.3, 0.4) is 0 Å². The predicted molar refractivity (Wildman–Crippen MR) is 46.1 cm³/mol. The molecule has 0 aromatic carbocycles. The molecule has 3 amide bonds. The topological polar surface area (TPSA) is 61.4 Å². The van der Waals surface area contributed by atoms with E-state index in [9.17, 15) is 9.59 Å². The summed E-state index contributed by atoms with van der Waals surface area (Å²) in [6, 6.07) is 0.000000000000000222. The first-order valence-corrected chi connectivity index (χ1v) is 4.39. The Labute approximate surface area is 76.5 Å². The van der Waals surface area contributed by atoms with E-state index in [2.05, 4.69) is 10.6 Å². The fraction of sp³-hybridized carbons (Fsp3) is 0.750. The smallest absolute Gasteiger partial charge is 0.311 e. The lowest BCUT2D eigenvalue weighted by Gasteiger charge is -2.26. The molecule has 1 spiro atoms. The summed E-state index contributed by atoms with van der Waals surface area (Å²) < 4.78 is 0. The quantitative estimate of drug-likeness (QED) is 0.488. The van der Waals surface area contributed by atoms with Gasteiger partial charge in [-0.2, -0.15) is 0 Å². The van der Waals surface area contributed by atoms with Gasteiger partial charge in [-0.25, -0.2) is 4.79 Å². The zero-order valence-corrected chi connectivity index (χ0v) is 7.76. The van der Waals surface area contributed by atoms with E-state index in [0.29, 0.717) is 19.0 Å². The summed E-state index contributed by atoms with van der Waals surface area (Å²) in [6.07, 6.45) is 0.696. The van der Waals surface area contributed by atoms with Gasteiger partial charge in [-0.05, 0) is 13.3 Å². The van der Waals surface area contributed by atoms with Gasteiger partial charge in [-0.1, -0.05) is 0 Å². The van der Waals surface area contributed by atoms with Crippen LogP contribution < -0.4 is 10.6 Å². The highest BCUT2D eigenvalue weighted by atomic mass is 16.2. The first-order valence-electron chi connectivity index (χ1n) is 4.39. The van der Waals surface area contributed by atoms with Crippen molar-refractivity contribution in [3.63, 3.8) is 0 Å². The molecule has 1 unspecified atom stereocenters. The summed E-state index contributed by atoms with van der Waals surface area (Å²) in [5.74, 6) is -0.170. The van der Waals surface area contributed by atoms with Crippen LogP contribution in [0.2, 0.25) is 0 Å². The Hall–Kier alpha value is -1.10. The second-order valence-corrected chi connectivity index (χ2v) is 3.84. The normalized spacial score (nSPS) is 38.9. The monoisotopic (exact) mass is 183 g/mol. The number of hydrogen-bond donors (Lipinski definition) is 2. The number of likely N-dealkylation sites (N-methyl/N-ethyl adjacent to an activating group) is 1. The second kappa shape index (κ2) is 2.45. The molecular formula is C8H13N3O2. The van der Waals surface area contributed by atoms with Crippen LogP contribution in [0.15, 0.2) is 0 Å². The summed E-state index contributed by atoms with van der Waals surface area (Å²) in [5.41, 5.74) is -0.628. The maximum absolute atomic E-state index is 11.6. The summed E-state index contributed by atoms with van der Waals surface area (Å²) in [4.78, 5) is 24.3. The van der Waals surface area contributed by atoms with Crippen LogP contribution in [0.5, 0.6) is 0 Å². The largest absolute Gasteiger partial charge is 0.324 e. The van der Waals surface area contributed by atoms with E-state index < -0.39 is 5.54 Å². The molecule has 2 aliphatic heterocycles. The average molecular weight is 183 g/mol. The minimum atomic E-state index is -0.628. The van der Waals surface area contributed by atoms with Crippen molar-refractivity contribution >= 4 is 11.9 Å². The molecule has 0 bridgehead atoms. The molecule has 0 saturated carbocycles. The fourth-order valence-electron chi connectivity index (χ4n) is 2.07. The van der Waals surface area contributed by atoms with Gasteiger partial charge in [-0.3, -0.25) is 10.1 Å². The lowest BCUT2D eigenvalue weighted by Crippen LogP contribution is -2.49. The van der Waals surface area contributed by atoms with Gasteiger partial charge in [0.15, 0.2) is 0 Å². The van der Waals surface area contributed by atoms with Crippen LogP contribution in [0.4, 0.5) is 4.79 Å². The number of carbonyl (C=O) groups excluding carboxylic acids is 2. The molecule has 2 fully saturated rings. The highest BCUT2D eigenvalue weighted by molar-refractivity contribution is 6.07. The molecule has 2 rings (SSSR count). The minimum Gasteiger partial charge on any atom is -0.311 e. The summed E-state index contributed by atoms with van der Waals surface area (Å²) >= 11 is 0. The minimum absolute atomic E-state index is 0.170. The van der Waals surface area contributed by atoms with E-state index in [1.165, 1.54) is 4.90 Å². The van der Waals surface area contributed by atoms with Crippen LogP contribution >= 0.6 is 0 Å². The molecule has 2 heterocycles. The lowest BCUT2D eigenvalue weighted by molar-refractivity contribution is -0.125. The number of carbonyl (C=O) groups is 2. The number of nitrogens with one attached hydrogen (secondary N) is 2. The van der Waals surface area contributed by atoms with Gasteiger partial charge in [-0.15, -0.1) is 0 Å². The third-order valence-corrected chi connectivity index (χ3v) is 2.98. The van der Waals surface area contributed by atoms with Crippen molar-refractivity contribution in [3.05, 3.63) is 0 Å². The van der Waals surface area contributed by atoms with Crippen LogP contribution in [0.25, 0.3) is 0 Å². The number of nitrogens with zero attached hydrogens (tertiary/aromatic N) is 1. The first-order chi connectivity index (χ1) is 6.06. The van der Waals surface area contributed by atoms with Gasteiger partial charge < -0.3 is 10.2 Å². The molecule has 72 valence electrons. The summed E-state index contributed by atoms with van der Waals surface area (Å²) in [7, 11) is 1.67. The number of imide groups is 1. The molecule has 0 aromatic heterocycles. The lowest BCUT2D eigenvalue weighted by atomic mass is 9.95. The number of hydrogen-bond acceptors (Lipinski definition) is 3. The van der Waals surface area contributed by atoms with Crippen LogP contribution in [-0.4, -0.2) is 42.0 Å². The van der Waals surface area contributed by atoms with E-state index in [1.54, 1.807) is 7.05 Å². The molecule has 13 heavy (non-hydrogen) atoms. The van der Waals surface area contributed by atoms with Crippen LogP contribution in [0, 0.1) is 0 Å². The van der Waals surface area contributed by atoms with Crippen molar-refractivity contribution in [1.82, 2.24) is 15.5 Å². The van der Waals surface area contributed by atoms with Gasteiger partial charge in [0, 0.05) is 19.6 Å². The van der Waals surface area contributed by atoms with E-state index in [0.717, 1.165) is 0 Å². The second-order valence-electron chi connectivity index (χ2n) is 3.84. The number of amides is 3. The standard InChI is InChI=1S/C8H13N3O2/c1-5-3-8(4-9-5)6(12)10-7(13)11(8)2/h5,9H,3-4H2,1-2H3,(H,10,12,13)/t5-,8?/m1/s1. The van der Waals surface area contributed by atoms with Crippen molar-refractivity contribution in [1.29, 1.82) is 0 Å². The van der Waals surface area contributed by atoms with Crippen molar-refractivity contribution in [3.8, 4) is 0 Å². The summed E-state index contributed by atoms with van der Waals surface area (Å²) in [6.45, 7) is 2.57. The predicted octanol–water partition coefficient (Wildman–Crippen LogP) is -0.711. The highest BCUT2D eigenvalue weighted by Gasteiger charge is 2.54. The molecule has 0 aliphatic carbocycles.